The summed E-state index contributed by atoms with van der Waals surface area (Å²) in [5, 5.41) is 8.05. The van der Waals surface area contributed by atoms with Crippen molar-refractivity contribution in [2.24, 2.45) is 0 Å². The first-order valence-electron chi connectivity index (χ1n) is 8.68. The van der Waals surface area contributed by atoms with Gasteiger partial charge in [-0.3, -0.25) is 9.69 Å². The Kier molecular flexibility index (Phi) is 6.31. The lowest BCUT2D eigenvalue weighted by Gasteiger charge is -2.32. The molecule has 1 aromatic heterocycles. The van der Waals surface area contributed by atoms with E-state index in [1.807, 2.05) is 64.9 Å². The van der Waals surface area contributed by atoms with Crippen LogP contribution in [0.1, 0.15) is 49.7 Å². The normalized spacial score (nSPS) is 12.6. The second kappa shape index (κ2) is 8.25. The van der Waals surface area contributed by atoms with Crippen molar-refractivity contribution in [3.05, 3.63) is 47.2 Å². The lowest BCUT2D eigenvalue weighted by molar-refractivity contribution is -0.139. The smallest absolute Gasteiger partial charge is 0.245 e. The number of aromatic nitrogens is 2. The molecule has 2 aromatic rings. The first-order chi connectivity index (χ1) is 11.8. The third-order valence-electron chi connectivity index (χ3n) is 4.13. The maximum absolute atomic E-state index is 13.3. The van der Waals surface area contributed by atoms with E-state index >= 15 is 0 Å². The minimum Gasteiger partial charge on any atom is -0.423 e. The van der Waals surface area contributed by atoms with Crippen LogP contribution in [0.15, 0.2) is 28.7 Å². The van der Waals surface area contributed by atoms with Crippen LogP contribution in [-0.2, 0) is 17.8 Å². The van der Waals surface area contributed by atoms with Crippen molar-refractivity contribution in [1.29, 1.82) is 0 Å². The maximum Gasteiger partial charge on any atom is 0.245 e. The summed E-state index contributed by atoms with van der Waals surface area (Å²) in [7, 11) is 3.84. The summed E-state index contributed by atoms with van der Waals surface area (Å²) in [6, 6.07) is 7.75. The van der Waals surface area contributed by atoms with E-state index in [0.717, 1.165) is 11.1 Å². The van der Waals surface area contributed by atoms with Gasteiger partial charge in [-0.2, -0.15) is 0 Å². The monoisotopic (exact) mass is 344 g/mol. The van der Waals surface area contributed by atoms with Crippen LogP contribution < -0.4 is 0 Å². The van der Waals surface area contributed by atoms with Gasteiger partial charge in [-0.15, -0.1) is 10.2 Å². The van der Waals surface area contributed by atoms with Crippen molar-refractivity contribution in [2.75, 3.05) is 14.1 Å². The van der Waals surface area contributed by atoms with Gasteiger partial charge in [0.2, 0.25) is 17.7 Å². The van der Waals surface area contributed by atoms with Gasteiger partial charge in [-0.1, -0.05) is 36.8 Å². The number of amides is 1. The van der Waals surface area contributed by atoms with Gasteiger partial charge >= 0.3 is 0 Å². The number of carbonyl (C=O) groups excluding carboxylic acids is 1. The van der Waals surface area contributed by atoms with E-state index in [9.17, 15) is 4.79 Å². The van der Waals surface area contributed by atoms with Crippen LogP contribution >= 0.6 is 0 Å². The van der Waals surface area contributed by atoms with Crippen molar-refractivity contribution in [3.8, 4) is 0 Å². The fourth-order valence-electron chi connectivity index (χ4n) is 2.81. The molecule has 1 aromatic carbocycles. The molecule has 0 N–H and O–H groups in total. The molecule has 0 unspecified atom stereocenters. The number of likely N-dealkylation sites (N-methyl/N-ethyl adjacent to an activating group) is 1. The third-order valence-corrected chi connectivity index (χ3v) is 4.13. The fourth-order valence-corrected chi connectivity index (χ4v) is 2.81. The lowest BCUT2D eigenvalue weighted by atomic mass is 10.0. The van der Waals surface area contributed by atoms with Crippen molar-refractivity contribution in [1.82, 2.24) is 20.0 Å². The first kappa shape index (κ1) is 19.1. The van der Waals surface area contributed by atoms with E-state index in [1.165, 1.54) is 0 Å². The Morgan fingerprint density at radius 1 is 1.20 bits per heavy atom. The average Bonchev–Trinajstić information content (AvgIpc) is 3.00. The molecule has 25 heavy (non-hydrogen) atoms. The van der Waals surface area contributed by atoms with Crippen molar-refractivity contribution < 1.29 is 9.21 Å². The zero-order chi connectivity index (χ0) is 18.6. The summed E-state index contributed by atoms with van der Waals surface area (Å²) in [6.07, 6.45) is 0.687. The minimum absolute atomic E-state index is 0.0248. The van der Waals surface area contributed by atoms with Gasteiger partial charge in [0.1, 0.15) is 6.04 Å². The van der Waals surface area contributed by atoms with Crippen LogP contribution in [0.5, 0.6) is 0 Å². The quantitative estimate of drug-likeness (QED) is 0.773. The molecule has 0 aliphatic rings. The van der Waals surface area contributed by atoms with Crippen molar-refractivity contribution >= 4 is 5.91 Å². The predicted molar refractivity (Wildman–Crippen MR) is 97.0 cm³/mol. The molecule has 0 spiro atoms. The molecule has 1 atom stereocenters. The standard InChI is InChI=1S/C19H28N4O2/c1-7-16-20-21-17(25-16)12-23(13(2)3)19(24)18(22(5)6)15-10-8-9-14(4)11-15/h8-11,13,18H,7,12H2,1-6H3/t18-/m1/s1. The van der Waals surface area contributed by atoms with Gasteiger partial charge in [0.05, 0.1) is 6.54 Å². The zero-order valence-electron chi connectivity index (χ0n) is 16.0. The second-order valence-electron chi connectivity index (χ2n) is 6.78. The largest absolute Gasteiger partial charge is 0.423 e. The van der Waals surface area contributed by atoms with Gasteiger partial charge in [0.25, 0.3) is 0 Å². The third kappa shape index (κ3) is 4.66. The fraction of sp³-hybridized carbons (Fsp3) is 0.526. The Morgan fingerprint density at radius 3 is 2.40 bits per heavy atom. The van der Waals surface area contributed by atoms with E-state index in [2.05, 4.69) is 16.3 Å². The number of nitrogens with zero attached hydrogens (tertiary/aromatic N) is 4. The molecule has 0 bridgehead atoms. The van der Waals surface area contributed by atoms with Crippen LogP contribution in [0.3, 0.4) is 0 Å². The molecule has 1 heterocycles. The molecule has 6 heteroatoms. The molecule has 0 saturated heterocycles. The number of aryl methyl sites for hydroxylation is 2. The molecular weight excluding hydrogens is 316 g/mol. The molecule has 2 rings (SSSR count). The lowest BCUT2D eigenvalue weighted by Crippen LogP contribution is -2.43. The SMILES string of the molecule is CCc1nnc(CN(C(=O)[C@@H](c2cccc(C)c2)N(C)C)C(C)C)o1. The predicted octanol–water partition coefficient (Wildman–Crippen LogP) is 2.98. The van der Waals surface area contributed by atoms with E-state index in [4.69, 9.17) is 4.42 Å². The summed E-state index contributed by atoms with van der Waals surface area (Å²) < 4.78 is 5.60. The highest BCUT2D eigenvalue weighted by atomic mass is 16.4. The van der Waals surface area contributed by atoms with Crippen LogP contribution in [0.4, 0.5) is 0 Å². The first-order valence-corrected chi connectivity index (χ1v) is 8.68. The molecule has 1 amide bonds. The van der Waals surface area contributed by atoms with E-state index in [0.29, 0.717) is 24.7 Å². The Balaban J connectivity index is 2.29. The minimum atomic E-state index is -0.351. The number of hydrogen-bond donors (Lipinski definition) is 0. The van der Waals surface area contributed by atoms with Crippen LogP contribution in [-0.4, -0.2) is 46.0 Å². The Morgan fingerprint density at radius 2 is 1.88 bits per heavy atom. The number of hydrogen-bond acceptors (Lipinski definition) is 5. The van der Waals surface area contributed by atoms with Gasteiger partial charge in [-0.25, -0.2) is 0 Å². The molecule has 0 saturated carbocycles. The molecular formula is C19H28N4O2. The summed E-state index contributed by atoms with van der Waals surface area (Å²) in [5.74, 6) is 1.09. The molecule has 0 aliphatic carbocycles. The second-order valence-corrected chi connectivity index (χ2v) is 6.78. The van der Waals surface area contributed by atoms with Crippen molar-refractivity contribution in [3.63, 3.8) is 0 Å². The van der Waals surface area contributed by atoms with Crippen LogP contribution in [0.25, 0.3) is 0 Å². The van der Waals surface area contributed by atoms with E-state index < -0.39 is 0 Å². The van der Waals surface area contributed by atoms with Crippen molar-refractivity contribution in [2.45, 2.75) is 52.7 Å². The summed E-state index contributed by atoms with van der Waals surface area (Å²) in [5.41, 5.74) is 2.12. The topological polar surface area (TPSA) is 62.5 Å². The van der Waals surface area contributed by atoms with Crippen LogP contribution in [0.2, 0.25) is 0 Å². The highest BCUT2D eigenvalue weighted by Crippen LogP contribution is 2.24. The Hall–Kier alpha value is -2.21. The average molecular weight is 344 g/mol. The molecule has 0 fully saturated rings. The van der Waals surface area contributed by atoms with Gasteiger partial charge in [0, 0.05) is 12.5 Å². The Labute approximate surface area is 149 Å². The molecule has 0 aliphatic heterocycles. The summed E-state index contributed by atoms with van der Waals surface area (Å²) in [6.45, 7) is 8.31. The summed E-state index contributed by atoms with van der Waals surface area (Å²) >= 11 is 0. The summed E-state index contributed by atoms with van der Waals surface area (Å²) in [4.78, 5) is 17.0. The van der Waals surface area contributed by atoms with Gasteiger partial charge < -0.3 is 9.32 Å². The van der Waals surface area contributed by atoms with E-state index in [1.54, 1.807) is 4.90 Å². The molecule has 6 nitrogen and oxygen atoms in total. The van der Waals surface area contributed by atoms with E-state index in [-0.39, 0.29) is 18.0 Å². The number of benzene rings is 1. The highest BCUT2D eigenvalue weighted by molar-refractivity contribution is 5.83. The number of carbonyl (C=O) groups is 1. The number of rotatable bonds is 7. The maximum atomic E-state index is 13.3. The molecule has 136 valence electrons. The highest BCUT2D eigenvalue weighted by Gasteiger charge is 2.30. The Bertz CT molecular complexity index is 709. The zero-order valence-corrected chi connectivity index (χ0v) is 16.0. The van der Waals surface area contributed by atoms with Gasteiger partial charge in [-0.05, 0) is 40.4 Å². The van der Waals surface area contributed by atoms with Gasteiger partial charge in [0.15, 0.2) is 0 Å². The van der Waals surface area contributed by atoms with Crippen LogP contribution in [0, 0.1) is 6.92 Å². The molecule has 0 radical (unpaired) electrons.